The van der Waals surface area contributed by atoms with E-state index >= 15 is 0 Å². The van der Waals surface area contributed by atoms with Crippen molar-refractivity contribution < 1.29 is 4.79 Å². The van der Waals surface area contributed by atoms with Crippen LogP contribution in [0.4, 0.5) is 0 Å². The second-order valence-corrected chi connectivity index (χ2v) is 3.64. The van der Waals surface area contributed by atoms with Crippen LogP contribution in [0.25, 0.3) is 0 Å². The Hall–Kier alpha value is -1.07. The van der Waals surface area contributed by atoms with Gasteiger partial charge in [0, 0.05) is 18.8 Å². The van der Waals surface area contributed by atoms with Crippen LogP contribution in [-0.2, 0) is 6.42 Å². The van der Waals surface area contributed by atoms with E-state index in [4.69, 9.17) is 0 Å². The predicted octanol–water partition coefficient (Wildman–Crippen LogP) is 1.12. The molecule has 6 heteroatoms. The molecule has 17 heavy (non-hydrogen) atoms. The highest BCUT2D eigenvalue weighted by atomic mass is 35.5. The van der Waals surface area contributed by atoms with Gasteiger partial charge in [-0.25, -0.2) is 0 Å². The fourth-order valence-electron chi connectivity index (χ4n) is 1.32. The first-order valence-electron chi connectivity index (χ1n) is 5.81. The minimum Gasteiger partial charge on any atom is -0.349 e. The average Bonchev–Trinajstić information content (AvgIpc) is 2.77. The topological polar surface area (TPSA) is 69.8 Å². The standard InChI is InChI=1S/C11H20N4O.ClH/c1-3-5-12-6-7-13-11(16)10-8-9(4-2)14-15-10;/h8,12H,3-7H2,1-2H3,(H,13,16)(H,14,15);1H. The molecule has 0 unspecified atom stereocenters. The first kappa shape index (κ1) is 15.9. The maximum atomic E-state index is 11.6. The molecule has 0 saturated carbocycles. The molecule has 0 spiro atoms. The maximum Gasteiger partial charge on any atom is 0.271 e. The van der Waals surface area contributed by atoms with Crippen LogP contribution in [0, 0.1) is 0 Å². The molecule has 0 aliphatic carbocycles. The lowest BCUT2D eigenvalue weighted by Crippen LogP contribution is -2.32. The van der Waals surface area contributed by atoms with Crippen LogP contribution in [-0.4, -0.2) is 35.7 Å². The van der Waals surface area contributed by atoms with E-state index in [1.54, 1.807) is 6.07 Å². The normalized spacial score (nSPS) is 9.76. The quantitative estimate of drug-likeness (QED) is 0.644. The van der Waals surface area contributed by atoms with Crippen molar-refractivity contribution >= 4 is 18.3 Å². The van der Waals surface area contributed by atoms with E-state index in [0.717, 1.165) is 31.6 Å². The van der Waals surface area contributed by atoms with Gasteiger partial charge in [-0.15, -0.1) is 12.4 Å². The minimum absolute atomic E-state index is 0. The molecule has 0 radical (unpaired) electrons. The largest absolute Gasteiger partial charge is 0.349 e. The molecule has 0 atom stereocenters. The van der Waals surface area contributed by atoms with Gasteiger partial charge < -0.3 is 10.6 Å². The number of carbonyl (C=O) groups excluding carboxylic acids is 1. The third-order valence-corrected chi connectivity index (χ3v) is 2.26. The predicted molar refractivity (Wildman–Crippen MR) is 70.7 cm³/mol. The second kappa shape index (κ2) is 9.01. The molecule has 1 aromatic heterocycles. The molecule has 1 aromatic rings. The van der Waals surface area contributed by atoms with E-state index in [1.165, 1.54) is 0 Å². The lowest BCUT2D eigenvalue weighted by Gasteiger charge is -2.03. The highest BCUT2D eigenvalue weighted by molar-refractivity contribution is 5.92. The van der Waals surface area contributed by atoms with Crippen molar-refractivity contribution in [2.45, 2.75) is 26.7 Å². The van der Waals surface area contributed by atoms with Crippen molar-refractivity contribution in [3.05, 3.63) is 17.5 Å². The summed E-state index contributed by atoms with van der Waals surface area (Å²) in [5.41, 5.74) is 1.45. The molecule has 0 fully saturated rings. The fraction of sp³-hybridized carbons (Fsp3) is 0.636. The molecule has 1 amide bonds. The number of carbonyl (C=O) groups is 1. The van der Waals surface area contributed by atoms with E-state index < -0.39 is 0 Å². The van der Waals surface area contributed by atoms with Gasteiger partial charge in [-0.1, -0.05) is 13.8 Å². The Labute approximate surface area is 108 Å². The third-order valence-electron chi connectivity index (χ3n) is 2.26. The Balaban J connectivity index is 0.00000256. The van der Waals surface area contributed by atoms with Gasteiger partial charge in [-0.2, -0.15) is 5.10 Å². The molecule has 5 nitrogen and oxygen atoms in total. The minimum atomic E-state index is -0.116. The van der Waals surface area contributed by atoms with Crippen LogP contribution >= 0.6 is 12.4 Å². The van der Waals surface area contributed by atoms with Gasteiger partial charge in [0.2, 0.25) is 0 Å². The number of aromatic nitrogens is 2. The van der Waals surface area contributed by atoms with Crippen LogP contribution in [0.15, 0.2) is 6.07 Å². The Morgan fingerprint density at radius 2 is 2.12 bits per heavy atom. The van der Waals surface area contributed by atoms with Gasteiger partial charge in [-0.3, -0.25) is 9.89 Å². The molecule has 0 aliphatic rings. The van der Waals surface area contributed by atoms with Gasteiger partial charge in [-0.05, 0) is 25.5 Å². The van der Waals surface area contributed by atoms with Crippen molar-refractivity contribution in [2.24, 2.45) is 0 Å². The smallest absolute Gasteiger partial charge is 0.271 e. The van der Waals surface area contributed by atoms with Gasteiger partial charge in [0.15, 0.2) is 0 Å². The monoisotopic (exact) mass is 260 g/mol. The highest BCUT2D eigenvalue weighted by Gasteiger charge is 2.08. The maximum absolute atomic E-state index is 11.6. The molecule has 3 N–H and O–H groups in total. The number of rotatable bonds is 7. The zero-order valence-corrected chi connectivity index (χ0v) is 11.2. The summed E-state index contributed by atoms with van der Waals surface area (Å²) in [5.74, 6) is -0.116. The zero-order valence-electron chi connectivity index (χ0n) is 10.4. The second-order valence-electron chi connectivity index (χ2n) is 3.64. The summed E-state index contributed by atoms with van der Waals surface area (Å²) in [6.07, 6.45) is 1.96. The molecular weight excluding hydrogens is 240 g/mol. The van der Waals surface area contributed by atoms with Crippen LogP contribution < -0.4 is 10.6 Å². The number of nitrogens with one attached hydrogen (secondary N) is 3. The van der Waals surface area contributed by atoms with Crippen molar-refractivity contribution in [2.75, 3.05) is 19.6 Å². The zero-order chi connectivity index (χ0) is 11.8. The number of hydrogen-bond acceptors (Lipinski definition) is 3. The summed E-state index contributed by atoms with van der Waals surface area (Å²) >= 11 is 0. The van der Waals surface area contributed by atoms with Crippen molar-refractivity contribution in [3.63, 3.8) is 0 Å². The number of halogens is 1. The van der Waals surface area contributed by atoms with E-state index in [9.17, 15) is 4.79 Å². The summed E-state index contributed by atoms with van der Waals surface area (Å²) in [6, 6.07) is 1.79. The Morgan fingerprint density at radius 3 is 2.71 bits per heavy atom. The third kappa shape index (κ3) is 5.70. The first-order chi connectivity index (χ1) is 7.77. The van der Waals surface area contributed by atoms with E-state index in [2.05, 4.69) is 27.8 Å². The van der Waals surface area contributed by atoms with Crippen LogP contribution in [0.3, 0.4) is 0 Å². The Bertz CT molecular complexity index is 327. The number of hydrogen-bond donors (Lipinski definition) is 3. The van der Waals surface area contributed by atoms with E-state index in [0.29, 0.717) is 12.2 Å². The average molecular weight is 261 g/mol. The summed E-state index contributed by atoms with van der Waals surface area (Å²) in [5, 5.41) is 12.8. The van der Waals surface area contributed by atoms with Gasteiger partial charge in [0.05, 0.1) is 0 Å². The summed E-state index contributed by atoms with van der Waals surface area (Å²) in [7, 11) is 0. The van der Waals surface area contributed by atoms with Gasteiger partial charge in [0.25, 0.3) is 5.91 Å². The Morgan fingerprint density at radius 1 is 1.35 bits per heavy atom. The molecule has 0 saturated heterocycles. The van der Waals surface area contributed by atoms with Crippen LogP contribution in [0.2, 0.25) is 0 Å². The van der Waals surface area contributed by atoms with Crippen molar-refractivity contribution in [1.29, 1.82) is 0 Å². The van der Waals surface area contributed by atoms with E-state index in [-0.39, 0.29) is 18.3 Å². The van der Waals surface area contributed by atoms with E-state index in [1.807, 2.05) is 6.92 Å². The molecule has 1 heterocycles. The SMILES string of the molecule is CCCNCCNC(=O)c1cc(CC)[nH]n1.Cl. The first-order valence-corrected chi connectivity index (χ1v) is 5.81. The highest BCUT2D eigenvalue weighted by Crippen LogP contribution is 1.99. The number of aryl methyl sites for hydroxylation is 1. The number of nitrogens with zero attached hydrogens (tertiary/aromatic N) is 1. The molecule has 1 rings (SSSR count). The Kier molecular flexibility index (Phi) is 8.44. The van der Waals surface area contributed by atoms with Crippen molar-refractivity contribution in [1.82, 2.24) is 20.8 Å². The molecule has 0 aliphatic heterocycles. The summed E-state index contributed by atoms with van der Waals surface area (Å²) < 4.78 is 0. The van der Waals surface area contributed by atoms with Gasteiger partial charge >= 0.3 is 0 Å². The lowest BCUT2D eigenvalue weighted by molar-refractivity contribution is 0.0949. The summed E-state index contributed by atoms with van der Waals surface area (Å²) in [6.45, 7) is 6.54. The molecule has 0 bridgehead atoms. The van der Waals surface area contributed by atoms with Crippen LogP contribution in [0.1, 0.15) is 36.5 Å². The summed E-state index contributed by atoms with van der Waals surface area (Å²) in [4.78, 5) is 11.6. The lowest BCUT2D eigenvalue weighted by atomic mass is 10.3. The number of amides is 1. The number of aromatic amines is 1. The van der Waals surface area contributed by atoms with Gasteiger partial charge in [0.1, 0.15) is 5.69 Å². The fourth-order valence-corrected chi connectivity index (χ4v) is 1.32. The number of H-pyrrole nitrogens is 1. The van der Waals surface area contributed by atoms with Crippen LogP contribution in [0.5, 0.6) is 0 Å². The molecule has 98 valence electrons. The molecular formula is C11H21ClN4O. The molecule has 0 aromatic carbocycles. The van der Waals surface area contributed by atoms with Crippen molar-refractivity contribution in [3.8, 4) is 0 Å².